The van der Waals surface area contributed by atoms with E-state index in [2.05, 4.69) is 9.97 Å². The van der Waals surface area contributed by atoms with E-state index in [1.807, 2.05) is 23.6 Å². The van der Waals surface area contributed by atoms with Crippen LogP contribution in [0.2, 0.25) is 0 Å². The molecule has 0 aliphatic carbocycles. The summed E-state index contributed by atoms with van der Waals surface area (Å²) in [6, 6.07) is 2.05. The fourth-order valence-electron chi connectivity index (χ4n) is 1.18. The van der Waals surface area contributed by atoms with Gasteiger partial charge < -0.3 is 10.3 Å². The van der Waals surface area contributed by atoms with E-state index >= 15 is 0 Å². The van der Waals surface area contributed by atoms with Crippen LogP contribution in [-0.2, 0) is 6.54 Å². The van der Waals surface area contributed by atoms with Gasteiger partial charge >= 0.3 is 0 Å². The molecular formula is C10H9N5S. The normalized spacial score (nSPS) is 10.7. The zero-order chi connectivity index (χ0) is 11.4. The first-order valence-electron chi connectivity index (χ1n) is 4.56. The molecule has 6 heteroatoms. The highest BCUT2D eigenvalue weighted by Gasteiger charge is 1.96. The third-order valence-corrected chi connectivity index (χ3v) is 2.56. The molecule has 5 nitrogen and oxygen atoms in total. The van der Waals surface area contributed by atoms with E-state index in [1.54, 1.807) is 17.1 Å². The van der Waals surface area contributed by atoms with Gasteiger partial charge in [0, 0.05) is 11.6 Å². The van der Waals surface area contributed by atoms with Crippen LogP contribution in [0.5, 0.6) is 0 Å². The SMILES string of the molecule is N#CCn1cnc(C=Cc2csc(N)n2)c1. The number of hydrogen-bond donors (Lipinski definition) is 1. The van der Waals surface area contributed by atoms with Crippen LogP contribution in [-0.4, -0.2) is 14.5 Å². The minimum Gasteiger partial charge on any atom is -0.375 e. The molecule has 0 spiro atoms. The minimum atomic E-state index is 0.310. The lowest BCUT2D eigenvalue weighted by Gasteiger charge is -1.87. The maximum absolute atomic E-state index is 8.50. The van der Waals surface area contributed by atoms with Crippen LogP contribution in [0.4, 0.5) is 5.13 Å². The first-order valence-corrected chi connectivity index (χ1v) is 5.43. The average Bonchev–Trinajstić information content (AvgIpc) is 2.85. The molecule has 2 rings (SSSR count). The fourth-order valence-corrected chi connectivity index (χ4v) is 1.71. The average molecular weight is 231 g/mol. The predicted molar refractivity (Wildman–Crippen MR) is 63.3 cm³/mol. The van der Waals surface area contributed by atoms with Crippen LogP contribution in [0, 0.1) is 11.3 Å². The Labute approximate surface area is 96.5 Å². The number of nitrogen functional groups attached to an aromatic ring is 1. The van der Waals surface area contributed by atoms with Gasteiger partial charge in [-0.05, 0) is 12.2 Å². The van der Waals surface area contributed by atoms with Crippen LogP contribution in [0.15, 0.2) is 17.9 Å². The maximum Gasteiger partial charge on any atom is 0.180 e. The summed E-state index contributed by atoms with van der Waals surface area (Å²) >= 11 is 1.40. The smallest absolute Gasteiger partial charge is 0.180 e. The minimum absolute atomic E-state index is 0.310. The monoisotopic (exact) mass is 231 g/mol. The van der Waals surface area contributed by atoms with Crippen LogP contribution in [0.1, 0.15) is 11.4 Å². The van der Waals surface area contributed by atoms with Gasteiger partial charge in [0.2, 0.25) is 0 Å². The number of nitrogens with two attached hydrogens (primary N) is 1. The van der Waals surface area contributed by atoms with E-state index in [0.29, 0.717) is 11.7 Å². The molecule has 0 unspecified atom stereocenters. The Hall–Kier alpha value is -2.13. The molecular weight excluding hydrogens is 222 g/mol. The van der Waals surface area contributed by atoms with Crippen molar-refractivity contribution in [1.29, 1.82) is 5.26 Å². The Kier molecular flexibility index (Phi) is 2.98. The molecule has 16 heavy (non-hydrogen) atoms. The largest absolute Gasteiger partial charge is 0.375 e. The molecule has 80 valence electrons. The number of aromatic nitrogens is 3. The molecule has 0 saturated heterocycles. The molecule has 2 heterocycles. The van der Waals surface area contributed by atoms with E-state index in [9.17, 15) is 0 Å². The molecule has 0 atom stereocenters. The summed E-state index contributed by atoms with van der Waals surface area (Å²) in [6.07, 6.45) is 7.10. The van der Waals surface area contributed by atoms with E-state index in [1.165, 1.54) is 11.3 Å². The quantitative estimate of drug-likeness (QED) is 0.870. The summed E-state index contributed by atoms with van der Waals surface area (Å²) in [5, 5.41) is 10.9. The lowest BCUT2D eigenvalue weighted by atomic mass is 10.3. The molecule has 0 saturated carbocycles. The Morgan fingerprint density at radius 1 is 1.50 bits per heavy atom. The Bertz CT molecular complexity index is 546. The second kappa shape index (κ2) is 4.59. The summed E-state index contributed by atoms with van der Waals surface area (Å²) in [6.45, 7) is 0.310. The number of imidazole rings is 1. The van der Waals surface area contributed by atoms with Gasteiger partial charge in [0.05, 0.1) is 23.8 Å². The standard InChI is InChI=1S/C10H9N5S/c11-3-4-15-5-8(13-7-15)1-2-9-6-16-10(12)14-9/h1-2,5-7H,4H2,(H2,12,14). The second-order valence-corrected chi connectivity index (χ2v) is 3.96. The lowest BCUT2D eigenvalue weighted by molar-refractivity contribution is 0.830. The first kappa shape index (κ1) is 10.4. The zero-order valence-electron chi connectivity index (χ0n) is 8.37. The van der Waals surface area contributed by atoms with Gasteiger partial charge in [0.15, 0.2) is 5.13 Å². The number of nitrogens with zero attached hydrogens (tertiary/aromatic N) is 4. The van der Waals surface area contributed by atoms with Gasteiger partial charge in [-0.1, -0.05) is 0 Å². The Morgan fingerprint density at radius 2 is 2.31 bits per heavy atom. The third kappa shape index (κ3) is 2.46. The third-order valence-electron chi connectivity index (χ3n) is 1.87. The van der Waals surface area contributed by atoms with Gasteiger partial charge in [-0.2, -0.15) is 5.26 Å². The molecule has 0 radical (unpaired) electrons. The van der Waals surface area contributed by atoms with E-state index < -0.39 is 0 Å². The summed E-state index contributed by atoms with van der Waals surface area (Å²) in [5.41, 5.74) is 7.12. The summed E-state index contributed by atoms with van der Waals surface area (Å²) in [5.74, 6) is 0. The lowest BCUT2D eigenvalue weighted by Crippen LogP contribution is -1.88. The van der Waals surface area contributed by atoms with Gasteiger partial charge in [0.1, 0.15) is 6.54 Å². The van der Waals surface area contributed by atoms with Crippen molar-refractivity contribution in [3.8, 4) is 6.07 Å². The summed E-state index contributed by atoms with van der Waals surface area (Å²) < 4.78 is 1.72. The van der Waals surface area contributed by atoms with Crippen LogP contribution < -0.4 is 5.73 Å². The first-order chi connectivity index (χ1) is 7.78. The van der Waals surface area contributed by atoms with Gasteiger partial charge in [-0.15, -0.1) is 11.3 Å². The maximum atomic E-state index is 8.50. The molecule has 2 aromatic heterocycles. The highest BCUT2D eigenvalue weighted by molar-refractivity contribution is 7.13. The fraction of sp³-hybridized carbons (Fsp3) is 0.100. The van der Waals surface area contributed by atoms with Crippen molar-refractivity contribution in [2.75, 3.05) is 5.73 Å². The molecule has 0 aliphatic rings. The van der Waals surface area contributed by atoms with Crippen molar-refractivity contribution in [2.24, 2.45) is 0 Å². The highest BCUT2D eigenvalue weighted by Crippen LogP contribution is 2.13. The molecule has 2 aromatic rings. The molecule has 0 aliphatic heterocycles. The highest BCUT2D eigenvalue weighted by atomic mass is 32.1. The van der Waals surface area contributed by atoms with Crippen molar-refractivity contribution < 1.29 is 0 Å². The van der Waals surface area contributed by atoms with Gasteiger partial charge in [0.25, 0.3) is 0 Å². The number of nitriles is 1. The molecule has 0 fully saturated rings. The number of anilines is 1. The number of rotatable bonds is 3. The van der Waals surface area contributed by atoms with E-state index in [-0.39, 0.29) is 0 Å². The number of thiazole rings is 1. The Morgan fingerprint density at radius 3 is 3.00 bits per heavy atom. The van der Waals surface area contributed by atoms with E-state index in [4.69, 9.17) is 11.0 Å². The topological polar surface area (TPSA) is 80.5 Å². The zero-order valence-corrected chi connectivity index (χ0v) is 9.18. The molecule has 0 bridgehead atoms. The van der Waals surface area contributed by atoms with Crippen LogP contribution in [0.3, 0.4) is 0 Å². The van der Waals surface area contributed by atoms with E-state index in [0.717, 1.165) is 11.4 Å². The van der Waals surface area contributed by atoms with Crippen molar-refractivity contribution in [3.05, 3.63) is 29.3 Å². The van der Waals surface area contributed by atoms with Crippen LogP contribution in [0.25, 0.3) is 12.2 Å². The van der Waals surface area contributed by atoms with Crippen molar-refractivity contribution in [2.45, 2.75) is 6.54 Å². The summed E-state index contributed by atoms with van der Waals surface area (Å²) in [4.78, 5) is 8.22. The Balaban J connectivity index is 2.09. The van der Waals surface area contributed by atoms with Crippen LogP contribution >= 0.6 is 11.3 Å². The van der Waals surface area contributed by atoms with Gasteiger partial charge in [-0.25, -0.2) is 9.97 Å². The number of hydrogen-bond acceptors (Lipinski definition) is 5. The second-order valence-electron chi connectivity index (χ2n) is 3.07. The van der Waals surface area contributed by atoms with Crippen molar-refractivity contribution >= 4 is 28.6 Å². The molecule has 0 aromatic carbocycles. The van der Waals surface area contributed by atoms with Gasteiger partial charge in [-0.3, -0.25) is 0 Å². The molecule has 2 N–H and O–H groups in total. The predicted octanol–water partition coefficient (Wildman–Crippen LogP) is 1.62. The molecule has 0 amide bonds. The van der Waals surface area contributed by atoms with Crippen molar-refractivity contribution in [3.63, 3.8) is 0 Å². The summed E-state index contributed by atoms with van der Waals surface area (Å²) in [7, 11) is 0. The van der Waals surface area contributed by atoms with Crippen molar-refractivity contribution in [1.82, 2.24) is 14.5 Å².